The zero-order valence-electron chi connectivity index (χ0n) is 11.7. The van der Waals surface area contributed by atoms with Crippen LogP contribution in [0.1, 0.15) is 43.1 Å². The summed E-state index contributed by atoms with van der Waals surface area (Å²) in [6, 6.07) is 8.52. The fourth-order valence-electron chi connectivity index (χ4n) is 1.88. The Morgan fingerprint density at radius 2 is 2.05 bits per heavy atom. The van der Waals surface area contributed by atoms with E-state index in [-0.39, 0.29) is 11.5 Å². The van der Waals surface area contributed by atoms with E-state index in [0.29, 0.717) is 0 Å². The van der Waals surface area contributed by atoms with E-state index in [2.05, 4.69) is 65.6 Å². The maximum absolute atomic E-state index is 4.80. The third-order valence-electron chi connectivity index (χ3n) is 3.01. The number of halogens is 1. The fraction of sp³-hybridized carbons (Fsp3) is 0.400. The van der Waals surface area contributed by atoms with Crippen molar-refractivity contribution in [3.8, 4) is 0 Å². The molecule has 0 spiro atoms. The third kappa shape index (κ3) is 3.44. The zero-order valence-corrected chi connectivity index (χ0v) is 14.1. The van der Waals surface area contributed by atoms with Gasteiger partial charge in [0.15, 0.2) is 0 Å². The number of nitrogens with zero attached hydrogens (tertiary/aromatic N) is 1. The number of aromatic nitrogens is 1. The summed E-state index contributed by atoms with van der Waals surface area (Å²) in [5.41, 5.74) is 2.49. The Hall–Kier alpha value is -0.710. The van der Waals surface area contributed by atoms with Gasteiger partial charge in [0, 0.05) is 15.3 Å². The molecule has 1 heterocycles. The van der Waals surface area contributed by atoms with Gasteiger partial charge in [-0.2, -0.15) is 0 Å². The molecule has 19 heavy (non-hydrogen) atoms. The first-order valence-electron chi connectivity index (χ1n) is 6.30. The highest BCUT2D eigenvalue weighted by atomic mass is 79.9. The van der Waals surface area contributed by atoms with E-state index in [1.807, 2.05) is 13.1 Å². The zero-order chi connectivity index (χ0) is 14.0. The summed E-state index contributed by atoms with van der Waals surface area (Å²) in [7, 11) is 1.98. The maximum atomic E-state index is 4.80. The van der Waals surface area contributed by atoms with Crippen molar-refractivity contribution < 1.29 is 0 Å². The van der Waals surface area contributed by atoms with Crippen molar-refractivity contribution in [3.63, 3.8) is 0 Å². The summed E-state index contributed by atoms with van der Waals surface area (Å²) in [5.74, 6) is 0. The van der Waals surface area contributed by atoms with E-state index < -0.39 is 0 Å². The fourth-order valence-corrected chi connectivity index (χ4v) is 3.48. The van der Waals surface area contributed by atoms with Crippen molar-refractivity contribution in [1.82, 2.24) is 10.3 Å². The molecule has 0 aliphatic carbocycles. The van der Waals surface area contributed by atoms with Gasteiger partial charge in [0.05, 0.1) is 11.7 Å². The van der Waals surface area contributed by atoms with Crippen molar-refractivity contribution in [2.24, 2.45) is 0 Å². The predicted molar refractivity (Wildman–Crippen MR) is 85.9 cm³/mol. The van der Waals surface area contributed by atoms with Gasteiger partial charge in [0.1, 0.15) is 5.01 Å². The summed E-state index contributed by atoms with van der Waals surface area (Å²) in [4.78, 5) is 4.80. The Labute approximate surface area is 127 Å². The number of hydrogen-bond donors (Lipinski definition) is 1. The molecule has 1 atom stereocenters. The highest BCUT2D eigenvalue weighted by Gasteiger charge is 2.21. The van der Waals surface area contributed by atoms with Crippen LogP contribution in [0.4, 0.5) is 0 Å². The maximum Gasteiger partial charge on any atom is 0.114 e. The summed E-state index contributed by atoms with van der Waals surface area (Å²) in [6.07, 6.45) is 0. The molecule has 1 N–H and O–H groups in total. The largest absolute Gasteiger partial charge is 0.307 e. The summed E-state index contributed by atoms with van der Waals surface area (Å²) < 4.78 is 1.10. The molecule has 4 heteroatoms. The standard InChI is InChI=1S/C15H19BrN2S/c1-15(2,3)12-9-19-14(18-12)13(17-4)10-6-5-7-11(16)8-10/h5-9,13,17H,1-4H3. The van der Waals surface area contributed by atoms with Gasteiger partial charge in [-0.1, -0.05) is 48.8 Å². The molecule has 0 saturated carbocycles. The van der Waals surface area contributed by atoms with E-state index in [4.69, 9.17) is 4.98 Å². The number of nitrogens with one attached hydrogen (secondary N) is 1. The first kappa shape index (κ1) is 14.7. The van der Waals surface area contributed by atoms with E-state index in [1.165, 1.54) is 5.56 Å². The van der Waals surface area contributed by atoms with Crippen LogP contribution in [0.2, 0.25) is 0 Å². The minimum absolute atomic E-state index is 0.102. The average Bonchev–Trinajstić information content (AvgIpc) is 2.79. The van der Waals surface area contributed by atoms with Gasteiger partial charge in [-0.3, -0.25) is 0 Å². The Balaban J connectivity index is 2.35. The predicted octanol–water partition coefficient (Wildman–Crippen LogP) is 4.51. The lowest BCUT2D eigenvalue weighted by Crippen LogP contribution is -2.18. The van der Waals surface area contributed by atoms with Crippen LogP contribution in [-0.2, 0) is 5.41 Å². The molecule has 102 valence electrons. The Bertz CT molecular complexity index is 557. The Morgan fingerprint density at radius 1 is 1.32 bits per heavy atom. The second-order valence-corrected chi connectivity index (χ2v) is 7.40. The Kier molecular flexibility index (Phi) is 4.43. The van der Waals surface area contributed by atoms with Crippen LogP contribution < -0.4 is 5.32 Å². The highest BCUT2D eigenvalue weighted by Crippen LogP contribution is 2.30. The highest BCUT2D eigenvalue weighted by molar-refractivity contribution is 9.10. The lowest BCUT2D eigenvalue weighted by atomic mass is 9.93. The summed E-state index contributed by atoms with van der Waals surface area (Å²) in [6.45, 7) is 6.58. The molecule has 1 unspecified atom stereocenters. The van der Waals surface area contributed by atoms with E-state index in [9.17, 15) is 0 Å². The van der Waals surface area contributed by atoms with Crippen LogP contribution in [0.25, 0.3) is 0 Å². The lowest BCUT2D eigenvalue weighted by Gasteiger charge is -2.16. The van der Waals surface area contributed by atoms with Gasteiger partial charge in [0.2, 0.25) is 0 Å². The minimum Gasteiger partial charge on any atom is -0.307 e. The quantitative estimate of drug-likeness (QED) is 0.890. The second-order valence-electron chi connectivity index (χ2n) is 5.60. The third-order valence-corrected chi connectivity index (χ3v) is 4.41. The second kappa shape index (κ2) is 5.73. The molecule has 0 amide bonds. The van der Waals surface area contributed by atoms with Gasteiger partial charge in [0.25, 0.3) is 0 Å². The monoisotopic (exact) mass is 338 g/mol. The van der Waals surface area contributed by atoms with Gasteiger partial charge in [-0.25, -0.2) is 4.98 Å². The van der Waals surface area contributed by atoms with Gasteiger partial charge in [-0.15, -0.1) is 11.3 Å². The molecule has 0 bridgehead atoms. The van der Waals surface area contributed by atoms with Gasteiger partial charge in [-0.05, 0) is 24.7 Å². The molecular weight excluding hydrogens is 320 g/mol. The van der Waals surface area contributed by atoms with Crippen molar-refractivity contribution >= 4 is 27.3 Å². The van der Waals surface area contributed by atoms with E-state index in [1.54, 1.807) is 11.3 Å². The molecular formula is C15H19BrN2S. The van der Waals surface area contributed by atoms with Crippen molar-refractivity contribution in [3.05, 3.63) is 50.4 Å². The smallest absolute Gasteiger partial charge is 0.114 e. The molecule has 0 aliphatic rings. The molecule has 2 nitrogen and oxygen atoms in total. The van der Waals surface area contributed by atoms with E-state index in [0.717, 1.165) is 15.2 Å². The lowest BCUT2D eigenvalue weighted by molar-refractivity contribution is 0.566. The van der Waals surface area contributed by atoms with Crippen LogP contribution in [0.3, 0.4) is 0 Å². The molecule has 0 saturated heterocycles. The number of benzene rings is 1. The number of rotatable bonds is 3. The van der Waals surface area contributed by atoms with Gasteiger partial charge >= 0.3 is 0 Å². The molecule has 0 radical (unpaired) electrons. The van der Waals surface area contributed by atoms with Gasteiger partial charge < -0.3 is 5.32 Å². The SMILES string of the molecule is CNC(c1cccc(Br)c1)c1nc(C(C)(C)C)cs1. The molecule has 1 aromatic heterocycles. The first-order valence-corrected chi connectivity index (χ1v) is 7.97. The molecule has 2 rings (SSSR count). The molecule has 0 fully saturated rings. The van der Waals surface area contributed by atoms with Crippen LogP contribution in [0.5, 0.6) is 0 Å². The molecule has 0 aliphatic heterocycles. The van der Waals surface area contributed by atoms with Crippen LogP contribution in [0.15, 0.2) is 34.1 Å². The van der Waals surface area contributed by atoms with Crippen molar-refractivity contribution in [1.29, 1.82) is 0 Å². The normalized spacial score (nSPS) is 13.5. The summed E-state index contributed by atoms with van der Waals surface area (Å²) in [5, 5.41) is 6.63. The van der Waals surface area contributed by atoms with Crippen LogP contribution in [-0.4, -0.2) is 12.0 Å². The molecule has 1 aromatic carbocycles. The van der Waals surface area contributed by atoms with E-state index >= 15 is 0 Å². The average molecular weight is 339 g/mol. The Morgan fingerprint density at radius 3 is 2.58 bits per heavy atom. The van der Waals surface area contributed by atoms with Crippen molar-refractivity contribution in [2.45, 2.75) is 32.2 Å². The number of thiazole rings is 1. The van der Waals surface area contributed by atoms with Crippen molar-refractivity contribution in [2.75, 3.05) is 7.05 Å². The topological polar surface area (TPSA) is 24.9 Å². The first-order chi connectivity index (χ1) is 8.91. The molecule has 2 aromatic rings. The van der Waals surface area contributed by atoms with Crippen LogP contribution >= 0.6 is 27.3 Å². The summed E-state index contributed by atoms with van der Waals surface area (Å²) >= 11 is 5.25. The van der Waals surface area contributed by atoms with Crippen LogP contribution in [0, 0.1) is 0 Å². The number of hydrogen-bond acceptors (Lipinski definition) is 3. The minimum atomic E-state index is 0.102.